The number of ether oxygens (including phenoxy) is 2. The molecule has 0 bridgehead atoms. The van der Waals surface area contributed by atoms with Gasteiger partial charge in [-0.05, 0) is 49.9 Å². The summed E-state index contributed by atoms with van der Waals surface area (Å²) in [6.45, 7) is 5.66. The molecule has 1 fully saturated rings. The van der Waals surface area contributed by atoms with Crippen LogP contribution in [0.4, 0.5) is 5.82 Å². The number of nitrogens with one attached hydrogen (secondary N) is 1. The number of nitrogen functional groups attached to an aromatic ring is 1. The van der Waals surface area contributed by atoms with Gasteiger partial charge in [0.05, 0.1) is 18.9 Å². The summed E-state index contributed by atoms with van der Waals surface area (Å²) >= 11 is 0. The lowest BCUT2D eigenvalue weighted by Gasteiger charge is -2.30. The van der Waals surface area contributed by atoms with E-state index in [4.69, 9.17) is 24.3 Å². The summed E-state index contributed by atoms with van der Waals surface area (Å²) in [5, 5.41) is 29.4. The Bertz CT molecular complexity index is 1640. The predicted octanol–water partition coefficient (Wildman–Crippen LogP) is 7.00. The van der Waals surface area contributed by atoms with Crippen molar-refractivity contribution < 1.29 is 38.1 Å². The molecule has 14 nitrogen and oxygen atoms in total. The molecule has 1 unspecified atom stereocenters. The van der Waals surface area contributed by atoms with Gasteiger partial charge in [0.25, 0.3) is 0 Å². The number of aliphatic imine (C=N–C) groups is 1. The topological polar surface area (TPSA) is 192 Å². The fourth-order valence-corrected chi connectivity index (χ4v) is 8.31. The number of carbonyl (C=O) groups is 1. The average Bonchev–Trinajstić information content (AvgIpc) is 3.69. The summed E-state index contributed by atoms with van der Waals surface area (Å²) in [7, 11) is -2.89. The van der Waals surface area contributed by atoms with Gasteiger partial charge in [0.2, 0.25) is 0 Å². The number of unbranched alkanes of at least 4 members (excludes halogenated alkanes) is 9. The van der Waals surface area contributed by atoms with Crippen LogP contribution in [0.2, 0.25) is 0 Å². The minimum Gasteiger partial charge on any atom is -0.465 e. The van der Waals surface area contributed by atoms with Crippen LogP contribution in [-0.2, 0) is 23.4 Å². The molecule has 15 heteroatoms. The molecule has 1 aliphatic heterocycles. The number of fused-ring (bicyclic) bond motifs is 1. The molecule has 0 saturated carbocycles. The fourth-order valence-electron chi connectivity index (χ4n) is 6.78. The highest BCUT2D eigenvalue weighted by Gasteiger charge is 2.56. The monoisotopic (exact) mass is 772 g/mol. The third kappa shape index (κ3) is 12.3. The van der Waals surface area contributed by atoms with Crippen molar-refractivity contribution in [2.45, 2.75) is 134 Å². The molecule has 1 aliphatic rings. The Morgan fingerprint density at radius 3 is 2.39 bits per heavy atom. The summed E-state index contributed by atoms with van der Waals surface area (Å²) in [6.07, 6.45) is 14.4. The first-order valence-electron chi connectivity index (χ1n) is 19.5. The van der Waals surface area contributed by atoms with Crippen LogP contribution < -0.4 is 15.3 Å². The summed E-state index contributed by atoms with van der Waals surface area (Å²) < 4.78 is 39.3. The molecule has 1 aromatic carbocycles. The standard InChI is InChI=1S/C39H61N6O8P/c1-5-6-7-8-9-10-11-12-13-15-19-29(2)20-18-25-50-38(48)30(3)44-54(49,53-31-21-16-14-17-22-31)51-27-39(26-41-4)36(47)34(46)35(52-39)32-23-24-33-37(40)42-28-43-45(32)33/h14,16-17,21-24,26,28-30,34-36,46-47H,5-13,15,18-20,25,27H2,1-4H3,(H,44,49)(H2,40,42,43)/t29-,30+,34+,35+,36+,39-,54?/m1/s1. The maximum absolute atomic E-state index is 14.3. The Hall–Kier alpha value is -3.39. The second-order valence-corrected chi connectivity index (χ2v) is 16.1. The average molecular weight is 773 g/mol. The first kappa shape index (κ1) is 43.3. The third-order valence-electron chi connectivity index (χ3n) is 9.90. The normalized spacial score (nSPS) is 22.4. The number of anilines is 1. The van der Waals surface area contributed by atoms with Gasteiger partial charge in [0.1, 0.15) is 41.9 Å². The molecule has 5 N–H and O–H groups in total. The number of carbonyl (C=O) groups excluding carboxylic acids is 1. The first-order chi connectivity index (χ1) is 26.0. The number of aromatic nitrogens is 3. The highest BCUT2D eigenvalue weighted by Crippen LogP contribution is 2.48. The van der Waals surface area contributed by atoms with E-state index in [2.05, 4.69) is 34.0 Å². The molecule has 0 spiro atoms. The van der Waals surface area contributed by atoms with Gasteiger partial charge in [-0.1, -0.05) is 103 Å². The number of hydrogen-bond acceptors (Lipinski definition) is 12. The zero-order valence-electron chi connectivity index (χ0n) is 32.3. The quantitative estimate of drug-likeness (QED) is 0.0299. The van der Waals surface area contributed by atoms with Crippen molar-refractivity contribution in [2.75, 3.05) is 26.0 Å². The Balaban J connectivity index is 1.30. The molecule has 54 heavy (non-hydrogen) atoms. The van der Waals surface area contributed by atoms with Crippen molar-refractivity contribution in [1.29, 1.82) is 0 Å². The van der Waals surface area contributed by atoms with Crippen LogP contribution >= 0.6 is 7.75 Å². The van der Waals surface area contributed by atoms with Crippen LogP contribution in [0.3, 0.4) is 0 Å². The smallest absolute Gasteiger partial charge is 0.459 e. The minimum absolute atomic E-state index is 0.214. The fraction of sp³-hybridized carbons (Fsp3) is 0.641. The van der Waals surface area contributed by atoms with Gasteiger partial charge in [-0.3, -0.25) is 14.3 Å². The van der Waals surface area contributed by atoms with Gasteiger partial charge in [-0.15, -0.1) is 0 Å². The summed E-state index contributed by atoms with van der Waals surface area (Å²) in [5.74, 6) is 0.359. The number of nitrogens with two attached hydrogens (primary N) is 1. The Morgan fingerprint density at radius 1 is 1.04 bits per heavy atom. The van der Waals surface area contributed by atoms with Crippen LogP contribution in [0.15, 0.2) is 53.8 Å². The van der Waals surface area contributed by atoms with Crippen LogP contribution in [-0.4, -0.2) is 81.1 Å². The lowest BCUT2D eigenvalue weighted by molar-refractivity contribution is -0.145. The number of para-hydroxylation sites is 1. The first-order valence-corrected chi connectivity index (χ1v) is 21.1. The zero-order valence-corrected chi connectivity index (χ0v) is 33.2. The van der Waals surface area contributed by atoms with E-state index in [1.165, 1.54) is 95.2 Å². The van der Waals surface area contributed by atoms with Crippen molar-refractivity contribution in [3.63, 3.8) is 0 Å². The van der Waals surface area contributed by atoms with Crippen LogP contribution in [0, 0.1) is 5.92 Å². The van der Waals surface area contributed by atoms with E-state index in [1.54, 1.807) is 42.5 Å². The van der Waals surface area contributed by atoms with Crippen LogP contribution in [0.25, 0.3) is 5.52 Å². The largest absolute Gasteiger partial charge is 0.465 e. The number of aliphatic hydroxyl groups is 2. The molecular weight excluding hydrogens is 711 g/mol. The van der Waals surface area contributed by atoms with Crippen molar-refractivity contribution in [3.8, 4) is 5.75 Å². The van der Waals surface area contributed by atoms with Gasteiger partial charge in [0.15, 0.2) is 11.4 Å². The molecule has 2 aromatic heterocycles. The number of nitrogens with zero attached hydrogens (tertiary/aromatic N) is 4. The third-order valence-corrected chi connectivity index (χ3v) is 11.5. The number of rotatable bonds is 25. The van der Waals surface area contributed by atoms with Crippen LogP contribution in [0.5, 0.6) is 5.75 Å². The molecular formula is C39H61N6O8P. The Kier molecular flexibility index (Phi) is 17.4. The molecule has 3 aromatic rings. The van der Waals surface area contributed by atoms with Gasteiger partial charge < -0.3 is 29.9 Å². The molecule has 4 rings (SSSR count). The van der Waals surface area contributed by atoms with Gasteiger partial charge >= 0.3 is 13.7 Å². The SMILES string of the molecule is CCCCCCCCCCCC[C@@H](C)CCCOC(=O)[C@H](C)NP(=O)(OC[C@@]1(C=NC)O[C@@H](c2ccc3c(N)ncnn23)[C@H](O)[C@@H]1O)Oc1ccccc1. The van der Waals surface area contributed by atoms with Crippen molar-refractivity contribution in [3.05, 3.63) is 54.5 Å². The highest BCUT2D eigenvalue weighted by molar-refractivity contribution is 7.52. The van der Waals surface area contributed by atoms with E-state index < -0.39 is 50.3 Å². The van der Waals surface area contributed by atoms with E-state index in [-0.39, 0.29) is 18.2 Å². The van der Waals surface area contributed by atoms with E-state index in [0.29, 0.717) is 17.1 Å². The maximum atomic E-state index is 14.3. The number of benzene rings is 1. The summed E-state index contributed by atoms with van der Waals surface area (Å²) in [6, 6.07) is 10.6. The lowest BCUT2D eigenvalue weighted by atomic mass is 9.96. The van der Waals surface area contributed by atoms with Crippen molar-refractivity contribution in [1.82, 2.24) is 19.7 Å². The maximum Gasteiger partial charge on any atom is 0.459 e. The molecule has 0 radical (unpaired) electrons. The molecule has 300 valence electrons. The second-order valence-electron chi connectivity index (χ2n) is 14.4. The number of aliphatic hydroxyl groups excluding tert-OH is 2. The Labute approximate surface area is 319 Å². The second kappa shape index (κ2) is 21.6. The Morgan fingerprint density at radius 2 is 1.70 bits per heavy atom. The molecule has 7 atom stereocenters. The molecule has 0 amide bonds. The van der Waals surface area contributed by atoms with Gasteiger partial charge in [0, 0.05) is 13.3 Å². The number of esters is 1. The van der Waals surface area contributed by atoms with Gasteiger partial charge in [-0.2, -0.15) is 10.2 Å². The van der Waals surface area contributed by atoms with Crippen LogP contribution in [0.1, 0.15) is 116 Å². The summed E-state index contributed by atoms with van der Waals surface area (Å²) in [5.41, 5.74) is 5.10. The number of hydrogen-bond donors (Lipinski definition) is 4. The van der Waals surface area contributed by atoms with Crippen molar-refractivity contribution >= 4 is 31.3 Å². The van der Waals surface area contributed by atoms with Crippen molar-refractivity contribution in [2.24, 2.45) is 10.9 Å². The molecule has 0 aliphatic carbocycles. The molecule has 3 heterocycles. The highest BCUT2D eigenvalue weighted by atomic mass is 31.2. The zero-order chi connectivity index (χ0) is 39.0. The molecule has 1 saturated heterocycles. The van der Waals surface area contributed by atoms with E-state index in [1.807, 2.05) is 0 Å². The lowest BCUT2D eigenvalue weighted by Crippen LogP contribution is -2.49. The van der Waals surface area contributed by atoms with Gasteiger partial charge in [-0.25, -0.2) is 14.1 Å². The van der Waals surface area contributed by atoms with E-state index >= 15 is 0 Å². The predicted molar refractivity (Wildman–Crippen MR) is 209 cm³/mol. The minimum atomic E-state index is -4.35. The van der Waals surface area contributed by atoms with E-state index in [0.717, 1.165) is 19.3 Å². The van der Waals surface area contributed by atoms with E-state index in [9.17, 15) is 19.6 Å². The summed E-state index contributed by atoms with van der Waals surface area (Å²) in [4.78, 5) is 21.1.